The second-order valence-electron chi connectivity index (χ2n) is 6.58. The molecule has 3 aromatic heterocycles. The van der Waals surface area contributed by atoms with Gasteiger partial charge in [0.05, 0.1) is 11.8 Å². The largest absolute Gasteiger partial charge is 0.459 e. The van der Waals surface area contributed by atoms with E-state index in [2.05, 4.69) is 20.3 Å². The first-order valence-corrected chi connectivity index (χ1v) is 9.07. The Hall–Kier alpha value is -3.55. The van der Waals surface area contributed by atoms with E-state index in [1.165, 1.54) is 18.7 Å². The van der Waals surface area contributed by atoms with Crippen molar-refractivity contribution in [3.05, 3.63) is 66.6 Å². The molecule has 0 spiro atoms. The lowest BCUT2D eigenvalue weighted by Gasteiger charge is -2.32. The Labute approximate surface area is 161 Å². The highest BCUT2D eigenvalue weighted by Gasteiger charge is 2.27. The first-order chi connectivity index (χ1) is 13.7. The van der Waals surface area contributed by atoms with Gasteiger partial charge < -0.3 is 14.6 Å². The molecule has 4 heterocycles. The molecule has 4 rings (SSSR count). The van der Waals surface area contributed by atoms with Crippen molar-refractivity contribution < 1.29 is 14.0 Å². The molecule has 2 amide bonds. The lowest BCUT2D eigenvalue weighted by Crippen LogP contribution is -2.49. The van der Waals surface area contributed by atoms with Crippen molar-refractivity contribution in [1.82, 2.24) is 25.2 Å². The average Bonchev–Trinajstić information content (AvgIpc) is 3.29. The van der Waals surface area contributed by atoms with E-state index in [4.69, 9.17) is 4.42 Å². The number of likely N-dealkylation sites (tertiary alicyclic amines) is 1. The maximum Gasteiger partial charge on any atom is 0.289 e. The van der Waals surface area contributed by atoms with Crippen molar-refractivity contribution in [1.29, 1.82) is 0 Å². The maximum atomic E-state index is 12.5. The van der Waals surface area contributed by atoms with E-state index in [1.54, 1.807) is 35.5 Å². The second kappa shape index (κ2) is 7.99. The molecule has 8 nitrogen and oxygen atoms in total. The van der Waals surface area contributed by atoms with E-state index in [9.17, 15) is 9.59 Å². The molecule has 0 radical (unpaired) electrons. The van der Waals surface area contributed by atoms with Gasteiger partial charge in [0.25, 0.3) is 11.8 Å². The van der Waals surface area contributed by atoms with Crippen LogP contribution in [0.2, 0.25) is 0 Å². The highest BCUT2D eigenvalue weighted by molar-refractivity contribution is 5.94. The summed E-state index contributed by atoms with van der Waals surface area (Å²) < 4.78 is 5.18. The fourth-order valence-electron chi connectivity index (χ4n) is 3.19. The van der Waals surface area contributed by atoms with Crippen molar-refractivity contribution in [2.75, 3.05) is 13.1 Å². The molecule has 1 atom stereocenters. The number of piperidine rings is 1. The van der Waals surface area contributed by atoms with E-state index in [0.717, 1.165) is 18.4 Å². The molecule has 8 heteroatoms. The fraction of sp³-hybridized carbons (Fsp3) is 0.250. The lowest BCUT2D eigenvalue weighted by atomic mass is 10.0. The number of hydrogen-bond donors (Lipinski definition) is 1. The molecule has 1 saturated heterocycles. The van der Waals surface area contributed by atoms with Crippen molar-refractivity contribution in [3.8, 4) is 11.4 Å². The van der Waals surface area contributed by atoms with Gasteiger partial charge in [-0.15, -0.1) is 0 Å². The standard InChI is InChI=1S/C20H19N5O3/c26-19(15-11-22-18(23-12-15)14-4-1-7-21-10-14)24-16-5-2-8-25(13-16)20(27)17-6-3-9-28-17/h1,3-4,6-7,9-12,16H,2,5,8,13H2,(H,24,26). The van der Waals surface area contributed by atoms with Crippen molar-refractivity contribution in [2.24, 2.45) is 0 Å². The van der Waals surface area contributed by atoms with E-state index >= 15 is 0 Å². The van der Waals surface area contributed by atoms with Crippen LogP contribution in [-0.2, 0) is 0 Å². The van der Waals surface area contributed by atoms with E-state index in [-0.39, 0.29) is 17.9 Å². The molecule has 142 valence electrons. The minimum Gasteiger partial charge on any atom is -0.459 e. The number of amides is 2. The molecule has 0 bridgehead atoms. The van der Waals surface area contributed by atoms with Crippen molar-refractivity contribution >= 4 is 11.8 Å². The Balaban J connectivity index is 1.38. The van der Waals surface area contributed by atoms with Crippen LogP contribution in [0.3, 0.4) is 0 Å². The van der Waals surface area contributed by atoms with Crippen LogP contribution in [0.5, 0.6) is 0 Å². The van der Waals surface area contributed by atoms with Crippen LogP contribution in [0.4, 0.5) is 0 Å². The van der Waals surface area contributed by atoms with Crippen LogP contribution in [0.25, 0.3) is 11.4 Å². The summed E-state index contributed by atoms with van der Waals surface area (Å²) in [5.41, 5.74) is 1.16. The minimum atomic E-state index is -0.255. The van der Waals surface area contributed by atoms with Crippen LogP contribution in [0.1, 0.15) is 33.8 Å². The van der Waals surface area contributed by atoms with Gasteiger partial charge in [-0.25, -0.2) is 9.97 Å². The summed E-state index contributed by atoms with van der Waals surface area (Å²) in [6.45, 7) is 1.09. The lowest BCUT2D eigenvalue weighted by molar-refractivity contribution is 0.0647. The molecular formula is C20H19N5O3. The number of nitrogens with zero attached hydrogens (tertiary/aromatic N) is 4. The van der Waals surface area contributed by atoms with Gasteiger partial charge in [0.2, 0.25) is 0 Å². The first kappa shape index (κ1) is 17.8. The fourth-order valence-corrected chi connectivity index (χ4v) is 3.19. The molecular weight excluding hydrogens is 358 g/mol. The molecule has 28 heavy (non-hydrogen) atoms. The molecule has 0 saturated carbocycles. The summed E-state index contributed by atoms with van der Waals surface area (Å²) in [5, 5.41) is 2.97. The highest BCUT2D eigenvalue weighted by Crippen LogP contribution is 2.15. The van der Waals surface area contributed by atoms with E-state index in [1.807, 2.05) is 6.07 Å². The van der Waals surface area contributed by atoms with Crippen LogP contribution in [0.15, 0.2) is 59.7 Å². The zero-order valence-electron chi connectivity index (χ0n) is 15.1. The molecule has 3 aromatic rings. The summed E-state index contributed by atoms with van der Waals surface area (Å²) in [6, 6.07) is 6.86. The number of carbonyl (C=O) groups excluding carboxylic acids is 2. The second-order valence-corrected chi connectivity index (χ2v) is 6.58. The Morgan fingerprint density at radius 3 is 2.71 bits per heavy atom. The Morgan fingerprint density at radius 2 is 2.00 bits per heavy atom. The number of aromatic nitrogens is 3. The Morgan fingerprint density at radius 1 is 1.14 bits per heavy atom. The summed E-state index contributed by atoms with van der Waals surface area (Å²) in [4.78, 5) is 39.2. The van der Waals surface area contributed by atoms with Gasteiger partial charge in [-0.1, -0.05) is 0 Å². The number of carbonyl (C=O) groups is 2. The van der Waals surface area contributed by atoms with Gasteiger partial charge in [0, 0.05) is 49.5 Å². The number of rotatable bonds is 4. The number of pyridine rings is 1. The highest BCUT2D eigenvalue weighted by atomic mass is 16.3. The molecule has 0 aliphatic carbocycles. The third-order valence-electron chi connectivity index (χ3n) is 4.61. The predicted octanol–water partition coefficient (Wildman–Crippen LogP) is 2.17. The molecule has 1 aliphatic heterocycles. The smallest absolute Gasteiger partial charge is 0.289 e. The monoisotopic (exact) mass is 377 g/mol. The summed E-state index contributed by atoms with van der Waals surface area (Å²) in [6.07, 6.45) is 9.44. The third-order valence-corrected chi connectivity index (χ3v) is 4.61. The van der Waals surface area contributed by atoms with Gasteiger partial charge in [0.1, 0.15) is 0 Å². The minimum absolute atomic E-state index is 0.127. The SMILES string of the molecule is O=C(NC1CCCN(C(=O)c2ccco2)C1)c1cnc(-c2cccnc2)nc1. The Bertz CT molecular complexity index is 942. The normalized spacial score (nSPS) is 16.6. The van der Waals surface area contributed by atoms with Crippen LogP contribution >= 0.6 is 0 Å². The molecule has 0 aromatic carbocycles. The zero-order valence-corrected chi connectivity index (χ0v) is 15.1. The zero-order chi connectivity index (χ0) is 19.3. The van der Waals surface area contributed by atoms with E-state index < -0.39 is 0 Å². The number of hydrogen-bond acceptors (Lipinski definition) is 6. The third kappa shape index (κ3) is 3.90. The quantitative estimate of drug-likeness (QED) is 0.748. The van der Waals surface area contributed by atoms with Gasteiger partial charge >= 0.3 is 0 Å². The number of furan rings is 1. The van der Waals surface area contributed by atoms with Crippen LogP contribution < -0.4 is 5.32 Å². The van der Waals surface area contributed by atoms with E-state index in [0.29, 0.717) is 30.2 Å². The van der Waals surface area contributed by atoms with Crippen LogP contribution in [0, 0.1) is 0 Å². The number of nitrogens with one attached hydrogen (secondary N) is 1. The Kier molecular flexibility index (Phi) is 5.09. The first-order valence-electron chi connectivity index (χ1n) is 9.07. The van der Waals surface area contributed by atoms with Gasteiger partial charge in [0.15, 0.2) is 11.6 Å². The molecule has 1 fully saturated rings. The average molecular weight is 377 g/mol. The summed E-state index contributed by atoms with van der Waals surface area (Å²) in [5.74, 6) is 0.409. The van der Waals surface area contributed by atoms with Gasteiger partial charge in [-0.05, 0) is 37.1 Å². The van der Waals surface area contributed by atoms with Gasteiger partial charge in [-0.2, -0.15) is 0 Å². The molecule has 1 unspecified atom stereocenters. The van der Waals surface area contributed by atoms with Crippen molar-refractivity contribution in [3.63, 3.8) is 0 Å². The maximum absolute atomic E-state index is 12.5. The topological polar surface area (TPSA) is 101 Å². The van der Waals surface area contributed by atoms with Crippen LogP contribution in [-0.4, -0.2) is 50.8 Å². The summed E-state index contributed by atoms with van der Waals surface area (Å²) in [7, 11) is 0. The van der Waals surface area contributed by atoms with Gasteiger partial charge in [-0.3, -0.25) is 14.6 Å². The predicted molar refractivity (Wildman–Crippen MR) is 100 cm³/mol. The summed E-state index contributed by atoms with van der Waals surface area (Å²) >= 11 is 0. The molecule has 1 aliphatic rings. The molecule has 1 N–H and O–H groups in total. The van der Waals surface area contributed by atoms with Crippen molar-refractivity contribution in [2.45, 2.75) is 18.9 Å².